The van der Waals surface area contributed by atoms with E-state index in [4.69, 9.17) is 4.74 Å². The molecule has 0 saturated heterocycles. The van der Waals surface area contributed by atoms with Crippen molar-refractivity contribution in [3.8, 4) is 11.5 Å². The van der Waals surface area contributed by atoms with Gasteiger partial charge in [0, 0.05) is 11.1 Å². The lowest BCUT2D eigenvalue weighted by Crippen LogP contribution is -2.15. The van der Waals surface area contributed by atoms with E-state index in [2.05, 4.69) is 25.3 Å². The molecule has 148 valence electrons. The highest BCUT2D eigenvalue weighted by Crippen LogP contribution is 2.40. The molecular formula is C23H19N5O2. The second-order valence-corrected chi connectivity index (χ2v) is 6.86. The topological polar surface area (TPSA) is 96.0 Å². The van der Waals surface area contributed by atoms with Crippen LogP contribution in [0.15, 0.2) is 73.3 Å². The van der Waals surface area contributed by atoms with E-state index in [1.165, 1.54) is 6.33 Å². The highest BCUT2D eigenvalue weighted by Gasteiger charge is 2.25. The molecule has 3 N–H and O–H groups in total. The van der Waals surface area contributed by atoms with Crippen LogP contribution >= 0.6 is 0 Å². The lowest BCUT2D eigenvalue weighted by Gasteiger charge is -2.24. The monoisotopic (exact) mass is 397 g/mol. The van der Waals surface area contributed by atoms with Gasteiger partial charge in [-0.15, -0.1) is 0 Å². The molecule has 7 nitrogen and oxygen atoms in total. The van der Waals surface area contributed by atoms with Gasteiger partial charge in [0.05, 0.1) is 19.5 Å². The van der Waals surface area contributed by atoms with Crippen LogP contribution in [0.4, 0.5) is 5.82 Å². The van der Waals surface area contributed by atoms with E-state index in [0.29, 0.717) is 22.7 Å². The molecule has 0 saturated carbocycles. The first-order chi connectivity index (χ1) is 14.8. The van der Waals surface area contributed by atoms with Crippen LogP contribution in [0.25, 0.3) is 21.9 Å². The van der Waals surface area contributed by atoms with Gasteiger partial charge in [-0.1, -0.05) is 48.5 Å². The number of nitrogens with zero attached hydrogens (tertiary/aromatic N) is 3. The van der Waals surface area contributed by atoms with Gasteiger partial charge in [-0.25, -0.2) is 15.0 Å². The van der Waals surface area contributed by atoms with Crippen molar-refractivity contribution in [3.63, 3.8) is 0 Å². The predicted molar refractivity (Wildman–Crippen MR) is 116 cm³/mol. The number of H-pyrrole nitrogens is 1. The largest absolute Gasteiger partial charge is 0.508 e. The van der Waals surface area contributed by atoms with E-state index in [9.17, 15) is 5.11 Å². The zero-order valence-corrected chi connectivity index (χ0v) is 16.2. The number of nitrogens with one attached hydrogen (secondary N) is 2. The average Bonchev–Trinajstić information content (AvgIpc) is 3.28. The Labute approximate surface area is 172 Å². The van der Waals surface area contributed by atoms with Crippen molar-refractivity contribution in [2.75, 3.05) is 12.4 Å². The second kappa shape index (κ2) is 7.36. The van der Waals surface area contributed by atoms with E-state index < -0.39 is 6.04 Å². The van der Waals surface area contributed by atoms with Gasteiger partial charge < -0.3 is 20.1 Å². The van der Waals surface area contributed by atoms with Gasteiger partial charge in [-0.2, -0.15) is 0 Å². The van der Waals surface area contributed by atoms with Crippen LogP contribution in [-0.4, -0.2) is 32.2 Å². The van der Waals surface area contributed by atoms with Crippen LogP contribution in [0.2, 0.25) is 0 Å². The smallest absolute Gasteiger partial charge is 0.182 e. The molecule has 0 aliphatic carbocycles. The number of aromatic amines is 1. The summed E-state index contributed by atoms with van der Waals surface area (Å²) in [5.41, 5.74) is 2.87. The maximum Gasteiger partial charge on any atom is 0.182 e. The molecule has 0 fully saturated rings. The minimum Gasteiger partial charge on any atom is -0.508 e. The number of para-hydroxylation sites is 1. The number of methoxy groups -OCH3 is 1. The SMILES string of the molecule is COc1ccccc1C(Nc1ncnc2nc[nH]c12)c1c(O)ccc2ccccc12. The number of hydrogen-bond acceptors (Lipinski definition) is 6. The van der Waals surface area contributed by atoms with Crippen LogP contribution < -0.4 is 10.1 Å². The Morgan fingerprint density at radius 3 is 2.70 bits per heavy atom. The van der Waals surface area contributed by atoms with Crippen molar-refractivity contribution in [2.24, 2.45) is 0 Å². The van der Waals surface area contributed by atoms with E-state index >= 15 is 0 Å². The zero-order chi connectivity index (χ0) is 20.5. The van der Waals surface area contributed by atoms with Crippen molar-refractivity contribution in [1.29, 1.82) is 0 Å². The maximum absolute atomic E-state index is 10.9. The minimum atomic E-state index is -0.436. The molecule has 7 heteroatoms. The van der Waals surface area contributed by atoms with Crippen LogP contribution in [0.5, 0.6) is 11.5 Å². The van der Waals surface area contributed by atoms with Gasteiger partial charge in [-0.05, 0) is 22.9 Å². The van der Waals surface area contributed by atoms with Crippen LogP contribution in [0.3, 0.4) is 0 Å². The standard InChI is InChI=1S/C23H19N5O2/c1-30-18-9-5-4-8-16(18)20(28-23-21-22(25-12-24-21)26-13-27-23)19-15-7-3-2-6-14(15)10-11-17(19)29/h2-13,20,29H,1H3,(H2,24,25,26,27,28). The molecule has 0 aliphatic heterocycles. The molecule has 2 aromatic heterocycles. The van der Waals surface area contributed by atoms with Gasteiger partial charge in [0.15, 0.2) is 11.5 Å². The molecule has 1 atom stereocenters. The molecule has 0 radical (unpaired) electrons. The van der Waals surface area contributed by atoms with E-state index in [1.807, 2.05) is 54.6 Å². The number of phenolic OH excluding ortho intramolecular Hbond substituents is 1. The first-order valence-corrected chi connectivity index (χ1v) is 9.50. The Balaban J connectivity index is 1.76. The number of aromatic nitrogens is 4. The van der Waals surface area contributed by atoms with Gasteiger partial charge >= 0.3 is 0 Å². The number of ether oxygens (including phenoxy) is 1. The number of fused-ring (bicyclic) bond motifs is 2. The highest BCUT2D eigenvalue weighted by molar-refractivity contribution is 5.90. The summed E-state index contributed by atoms with van der Waals surface area (Å²) < 4.78 is 5.64. The molecule has 30 heavy (non-hydrogen) atoms. The molecule has 3 aromatic carbocycles. The van der Waals surface area contributed by atoms with Crippen molar-refractivity contribution < 1.29 is 9.84 Å². The van der Waals surface area contributed by atoms with Crippen LogP contribution in [0.1, 0.15) is 17.2 Å². The molecule has 0 aliphatic rings. The number of anilines is 1. The fraction of sp³-hybridized carbons (Fsp3) is 0.0870. The van der Waals surface area contributed by atoms with E-state index in [-0.39, 0.29) is 5.75 Å². The maximum atomic E-state index is 10.9. The summed E-state index contributed by atoms with van der Waals surface area (Å²) in [6.45, 7) is 0. The fourth-order valence-corrected chi connectivity index (χ4v) is 3.81. The molecule has 2 heterocycles. The van der Waals surface area contributed by atoms with E-state index in [0.717, 1.165) is 21.9 Å². The molecule has 5 rings (SSSR count). The third kappa shape index (κ3) is 2.97. The third-order valence-corrected chi connectivity index (χ3v) is 5.19. The van der Waals surface area contributed by atoms with Crippen molar-refractivity contribution in [3.05, 3.63) is 84.4 Å². The summed E-state index contributed by atoms with van der Waals surface area (Å²) in [5.74, 6) is 1.48. The van der Waals surface area contributed by atoms with E-state index in [1.54, 1.807) is 19.5 Å². The molecule has 1 unspecified atom stereocenters. The van der Waals surface area contributed by atoms with Crippen LogP contribution in [-0.2, 0) is 0 Å². The van der Waals surface area contributed by atoms with Gasteiger partial charge in [0.25, 0.3) is 0 Å². The summed E-state index contributed by atoms with van der Waals surface area (Å²) in [6, 6.07) is 18.9. The number of rotatable bonds is 5. The molecule has 0 bridgehead atoms. The Kier molecular flexibility index (Phi) is 4.40. The Hall–Kier alpha value is -4.13. The molecular weight excluding hydrogens is 378 g/mol. The Morgan fingerprint density at radius 1 is 0.967 bits per heavy atom. The molecule has 0 amide bonds. The minimum absolute atomic E-state index is 0.187. The second-order valence-electron chi connectivity index (χ2n) is 6.86. The fourth-order valence-electron chi connectivity index (χ4n) is 3.81. The number of phenols is 1. The normalized spacial score (nSPS) is 12.2. The highest BCUT2D eigenvalue weighted by atomic mass is 16.5. The summed E-state index contributed by atoms with van der Waals surface area (Å²) in [6.07, 6.45) is 3.05. The zero-order valence-electron chi connectivity index (χ0n) is 16.2. The van der Waals surface area contributed by atoms with Crippen LogP contribution in [0, 0.1) is 0 Å². The number of benzene rings is 3. The first kappa shape index (κ1) is 17.9. The summed E-state index contributed by atoms with van der Waals surface area (Å²) in [4.78, 5) is 15.9. The lowest BCUT2D eigenvalue weighted by molar-refractivity contribution is 0.408. The summed E-state index contributed by atoms with van der Waals surface area (Å²) in [5, 5.41) is 16.4. The molecule has 0 spiro atoms. The summed E-state index contributed by atoms with van der Waals surface area (Å²) >= 11 is 0. The third-order valence-electron chi connectivity index (χ3n) is 5.19. The quantitative estimate of drug-likeness (QED) is 0.406. The van der Waals surface area contributed by atoms with Crippen molar-refractivity contribution in [1.82, 2.24) is 19.9 Å². The molecule has 5 aromatic rings. The summed E-state index contributed by atoms with van der Waals surface area (Å²) in [7, 11) is 1.64. The number of imidazole rings is 1. The first-order valence-electron chi connectivity index (χ1n) is 9.50. The Morgan fingerprint density at radius 2 is 1.80 bits per heavy atom. The average molecular weight is 397 g/mol. The van der Waals surface area contributed by atoms with Gasteiger partial charge in [0.2, 0.25) is 0 Å². The van der Waals surface area contributed by atoms with Gasteiger partial charge in [0.1, 0.15) is 23.3 Å². The van der Waals surface area contributed by atoms with Crippen molar-refractivity contribution in [2.45, 2.75) is 6.04 Å². The number of hydrogen-bond donors (Lipinski definition) is 3. The Bertz CT molecular complexity index is 1350. The van der Waals surface area contributed by atoms with Gasteiger partial charge in [-0.3, -0.25) is 0 Å². The lowest BCUT2D eigenvalue weighted by atomic mass is 9.92. The van der Waals surface area contributed by atoms with Crippen molar-refractivity contribution >= 4 is 27.8 Å². The number of aromatic hydroxyl groups is 1. The predicted octanol–water partition coefficient (Wildman–Crippen LogP) is 4.42.